The lowest BCUT2D eigenvalue weighted by Crippen LogP contribution is -2.39. The van der Waals surface area contributed by atoms with Crippen molar-refractivity contribution in [3.05, 3.63) is 50.6 Å². The molecule has 0 saturated heterocycles. The second kappa shape index (κ2) is 9.33. The van der Waals surface area contributed by atoms with Gasteiger partial charge in [-0.05, 0) is 31.9 Å². The molecule has 0 saturated carbocycles. The van der Waals surface area contributed by atoms with Crippen molar-refractivity contribution in [2.24, 2.45) is 0 Å². The van der Waals surface area contributed by atoms with Gasteiger partial charge in [0.15, 0.2) is 0 Å². The first-order valence-electron chi connectivity index (χ1n) is 8.70. The fraction of sp³-hybridized carbons (Fsp3) is 0.421. The van der Waals surface area contributed by atoms with Crippen molar-refractivity contribution in [2.75, 3.05) is 18.4 Å². The number of carbonyl (C=O) groups excluding carboxylic acids is 2. The fourth-order valence-electron chi connectivity index (χ4n) is 2.68. The number of rotatable bonds is 8. The maximum absolute atomic E-state index is 12.5. The number of hydrogen-bond donors (Lipinski definition) is 1. The third-order valence-corrected chi connectivity index (χ3v) is 5.01. The Bertz CT molecular complexity index is 825. The molecule has 1 N–H and O–H groups in total. The van der Waals surface area contributed by atoms with E-state index in [9.17, 15) is 14.4 Å². The highest BCUT2D eigenvalue weighted by Crippen LogP contribution is 2.13. The first-order chi connectivity index (χ1) is 12.4. The summed E-state index contributed by atoms with van der Waals surface area (Å²) in [6, 6.07) is 7.53. The number of carbonyl (C=O) groups is 2. The van der Waals surface area contributed by atoms with E-state index in [4.69, 9.17) is 0 Å². The quantitative estimate of drug-likeness (QED) is 0.771. The van der Waals surface area contributed by atoms with Gasteiger partial charge in [-0.2, -0.15) is 0 Å². The maximum Gasteiger partial charge on any atom is 0.307 e. The van der Waals surface area contributed by atoms with Crippen molar-refractivity contribution >= 4 is 28.8 Å². The molecule has 0 aliphatic heterocycles. The van der Waals surface area contributed by atoms with Crippen LogP contribution in [0.5, 0.6) is 0 Å². The van der Waals surface area contributed by atoms with Gasteiger partial charge in [-0.3, -0.25) is 14.4 Å². The summed E-state index contributed by atoms with van der Waals surface area (Å²) in [5.74, 6) is -0.339. The second-order valence-electron chi connectivity index (χ2n) is 6.22. The molecule has 140 valence electrons. The molecule has 1 heterocycles. The molecule has 0 unspecified atom stereocenters. The van der Waals surface area contributed by atoms with Crippen LogP contribution in [0.15, 0.2) is 34.4 Å². The van der Waals surface area contributed by atoms with Gasteiger partial charge >= 0.3 is 4.87 Å². The minimum atomic E-state index is -0.218. The van der Waals surface area contributed by atoms with Crippen LogP contribution in [0.1, 0.15) is 31.0 Å². The van der Waals surface area contributed by atoms with Crippen LogP contribution in [0.2, 0.25) is 0 Å². The number of aryl methyl sites for hydroxylation is 2. The highest BCUT2D eigenvalue weighted by atomic mass is 32.1. The van der Waals surface area contributed by atoms with Gasteiger partial charge in [0.05, 0.1) is 6.54 Å². The fourth-order valence-corrected chi connectivity index (χ4v) is 3.44. The maximum atomic E-state index is 12.5. The molecule has 1 aromatic carbocycles. The van der Waals surface area contributed by atoms with Gasteiger partial charge in [-0.25, -0.2) is 0 Å². The van der Waals surface area contributed by atoms with Crippen LogP contribution in [-0.4, -0.2) is 34.4 Å². The molecular formula is C19H25N3O3S. The second-order valence-corrected chi connectivity index (χ2v) is 7.04. The highest BCUT2D eigenvalue weighted by molar-refractivity contribution is 7.07. The molecule has 26 heavy (non-hydrogen) atoms. The predicted octanol–water partition coefficient (Wildman–Crippen LogP) is 2.79. The Hall–Kier alpha value is -2.41. The minimum absolute atomic E-state index is 0.0124. The van der Waals surface area contributed by atoms with Crippen LogP contribution in [0.4, 0.5) is 5.69 Å². The largest absolute Gasteiger partial charge is 0.333 e. The lowest BCUT2D eigenvalue weighted by Gasteiger charge is -2.22. The number of nitrogens with one attached hydrogen (secondary N) is 1. The first-order valence-corrected chi connectivity index (χ1v) is 9.58. The third kappa shape index (κ3) is 5.29. The number of thiazole rings is 1. The molecule has 0 atom stereocenters. The van der Waals surface area contributed by atoms with Gasteiger partial charge in [-0.15, -0.1) is 0 Å². The van der Waals surface area contributed by atoms with Gasteiger partial charge in [-0.1, -0.05) is 36.5 Å². The molecule has 0 aliphatic carbocycles. The van der Waals surface area contributed by atoms with E-state index in [0.29, 0.717) is 13.1 Å². The summed E-state index contributed by atoms with van der Waals surface area (Å²) in [4.78, 5) is 38.1. The molecule has 0 bridgehead atoms. The number of para-hydroxylation sites is 1. The Balaban J connectivity index is 1.96. The summed E-state index contributed by atoms with van der Waals surface area (Å²) in [6.07, 6.45) is 0.968. The Morgan fingerprint density at radius 3 is 2.58 bits per heavy atom. The third-order valence-electron chi connectivity index (χ3n) is 4.13. The van der Waals surface area contributed by atoms with Crippen LogP contribution < -0.4 is 10.2 Å². The summed E-state index contributed by atoms with van der Waals surface area (Å²) in [7, 11) is 0. The number of hydrogen-bond acceptors (Lipinski definition) is 4. The van der Waals surface area contributed by atoms with Crippen molar-refractivity contribution in [1.82, 2.24) is 9.47 Å². The number of anilines is 1. The van der Waals surface area contributed by atoms with Crippen LogP contribution in [0.25, 0.3) is 0 Å². The zero-order chi connectivity index (χ0) is 19.1. The van der Waals surface area contributed by atoms with E-state index in [2.05, 4.69) is 5.32 Å². The van der Waals surface area contributed by atoms with E-state index in [1.165, 1.54) is 0 Å². The summed E-state index contributed by atoms with van der Waals surface area (Å²) in [6.45, 7) is 6.60. The van der Waals surface area contributed by atoms with Gasteiger partial charge < -0.3 is 14.8 Å². The first kappa shape index (κ1) is 19.9. The van der Waals surface area contributed by atoms with E-state index in [1.807, 2.05) is 45.0 Å². The molecule has 0 fully saturated rings. The molecule has 2 rings (SSSR count). The number of nitrogens with zero attached hydrogens (tertiary/aromatic N) is 2. The Morgan fingerprint density at radius 1 is 1.23 bits per heavy atom. The van der Waals surface area contributed by atoms with Crippen LogP contribution >= 0.6 is 11.3 Å². The average molecular weight is 375 g/mol. The topological polar surface area (TPSA) is 71.4 Å². The average Bonchev–Trinajstić information content (AvgIpc) is 2.92. The zero-order valence-electron chi connectivity index (χ0n) is 15.4. The number of amides is 2. The molecule has 7 heteroatoms. The van der Waals surface area contributed by atoms with Crippen LogP contribution in [-0.2, 0) is 16.1 Å². The van der Waals surface area contributed by atoms with Crippen LogP contribution in [0.3, 0.4) is 0 Å². The molecule has 0 spiro atoms. The van der Waals surface area contributed by atoms with Gasteiger partial charge in [0.1, 0.15) is 0 Å². The molecule has 1 aromatic heterocycles. The van der Waals surface area contributed by atoms with Crippen molar-refractivity contribution in [3.8, 4) is 0 Å². The van der Waals surface area contributed by atoms with E-state index >= 15 is 0 Å². The van der Waals surface area contributed by atoms with E-state index < -0.39 is 0 Å². The summed E-state index contributed by atoms with van der Waals surface area (Å²) in [5.41, 5.74) is 2.58. The SMILES string of the molecule is CCCN(CC(=O)Nc1ccccc1C)C(=O)CCn1c(C)csc1=O. The smallest absolute Gasteiger partial charge is 0.307 e. The summed E-state index contributed by atoms with van der Waals surface area (Å²) >= 11 is 1.13. The van der Waals surface area contributed by atoms with Gasteiger partial charge in [0.2, 0.25) is 11.8 Å². The predicted molar refractivity (Wildman–Crippen MR) is 105 cm³/mol. The minimum Gasteiger partial charge on any atom is -0.333 e. The Morgan fingerprint density at radius 2 is 1.96 bits per heavy atom. The summed E-state index contributed by atoms with van der Waals surface area (Å²) in [5, 5.41) is 4.64. The van der Waals surface area contributed by atoms with E-state index in [-0.39, 0.29) is 29.7 Å². The van der Waals surface area contributed by atoms with Crippen molar-refractivity contribution < 1.29 is 9.59 Å². The highest BCUT2D eigenvalue weighted by Gasteiger charge is 2.17. The lowest BCUT2D eigenvalue weighted by molar-refractivity contribution is -0.134. The molecular weight excluding hydrogens is 350 g/mol. The van der Waals surface area contributed by atoms with Crippen LogP contribution in [0, 0.1) is 13.8 Å². The van der Waals surface area contributed by atoms with Crippen molar-refractivity contribution in [1.29, 1.82) is 0 Å². The number of benzene rings is 1. The Labute approximate surface area is 157 Å². The molecule has 0 aliphatic rings. The molecule has 6 nitrogen and oxygen atoms in total. The lowest BCUT2D eigenvalue weighted by atomic mass is 10.2. The summed E-state index contributed by atoms with van der Waals surface area (Å²) < 4.78 is 1.60. The Kier molecular flexibility index (Phi) is 7.15. The number of aromatic nitrogens is 1. The molecule has 2 amide bonds. The standard InChI is InChI=1S/C19H25N3O3S/c1-4-10-21(12-17(23)20-16-8-6-5-7-14(16)2)18(24)9-11-22-15(3)13-26-19(22)25/h5-8,13H,4,9-12H2,1-3H3,(H,20,23). The monoisotopic (exact) mass is 375 g/mol. The van der Waals surface area contributed by atoms with E-state index in [1.54, 1.807) is 14.8 Å². The van der Waals surface area contributed by atoms with Gasteiger partial charge in [0.25, 0.3) is 0 Å². The van der Waals surface area contributed by atoms with Crippen molar-refractivity contribution in [2.45, 2.75) is 40.2 Å². The normalized spacial score (nSPS) is 10.6. The van der Waals surface area contributed by atoms with Gasteiger partial charge in [0, 0.05) is 36.3 Å². The zero-order valence-corrected chi connectivity index (χ0v) is 16.3. The molecule has 2 aromatic rings. The van der Waals surface area contributed by atoms with Crippen molar-refractivity contribution in [3.63, 3.8) is 0 Å². The van der Waals surface area contributed by atoms with E-state index in [0.717, 1.165) is 34.7 Å². The molecule has 0 radical (unpaired) electrons.